The molecule has 15 heteroatoms. The number of hydrogen-bond donors (Lipinski definition) is 3. The molecule has 0 spiro atoms. The van der Waals surface area contributed by atoms with Crippen LogP contribution in [0.3, 0.4) is 0 Å². The Morgan fingerprint density at radius 3 is 2.08 bits per heavy atom. The van der Waals surface area contributed by atoms with E-state index >= 15 is 0 Å². The van der Waals surface area contributed by atoms with E-state index < -0.39 is 22.0 Å². The smallest absolute Gasteiger partial charge is 0.407 e. The molecule has 1 unspecified atom stereocenters. The number of nitrogens with one attached hydrogen (secondary N) is 2. The normalized spacial score (nSPS) is 12.2. The van der Waals surface area contributed by atoms with Crippen LogP contribution >= 0.6 is 0 Å². The lowest BCUT2D eigenvalue weighted by molar-refractivity contribution is -0.00116. The molecule has 0 saturated carbocycles. The Balaban J connectivity index is 3.52. The zero-order valence-corrected chi connectivity index (χ0v) is 23.5. The first-order valence-corrected chi connectivity index (χ1v) is 15.2. The summed E-state index contributed by atoms with van der Waals surface area (Å²) in [6.45, 7) is 6.20. The summed E-state index contributed by atoms with van der Waals surface area (Å²) < 4.78 is 50.0. The van der Waals surface area contributed by atoms with E-state index in [0.717, 1.165) is 45.0 Å². The van der Waals surface area contributed by atoms with Gasteiger partial charge in [-0.2, -0.15) is 0 Å². The van der Waals surface area contributed by atoms with Crippen LogP contribution in [0.5, 0.6) is 0 Å². The number of azide groups is 1. The minimum atomic E-state index is -3.27. The van der Waals surface area contributed by atoms with E-state index in [2.05, 4.69) is 20.7 Å². The first-order valence-electron chi connectivity index (χ1n) is 13.1. The highest BCUT2D eigenvalue weighted by atomic mass is 32.2. The van der Waals surface area contributed by atoms with E-state index in [-0.39, 0.29) is 18.9 Å². The molecule has 0 aliphatic carbocycles. The summed E-state index contributed by atoms with van der Waals surface area (Å²) in [6, 6.07) is 0. The summed E-state index contributed by atoms with van der Waals surface area (Å²) in [5.74, 6) is -0.199. The van der Waals surface area contributed by atoms with Crippen LogP contribution in [-0.4, -0.2) is 123 Å². The second-order valence-corrected chi connectivity index (χ2v) is 10.7. The van der Waals surface area contributed by atoms with Gasteiger partial charge in [0.15, 0.2) is 9.84 Å². The Labute approximate surface area is 226 Å². The lowest BCUT2D eigenvalue weighted by Gasteiger charge is -2.17. The standard InChI is InChI=1S/C23H47N5O9S/c1-38(31,32)21-22(37-23(30)26-10-5-12-29)7-3-2-4-8-25-9-6-13-33-15-17-35-19-20-36-18-16-34-14-11-27-28-24/h22,25,29H,2-21H2,1H3,(H,26,30). The zero-order chi connectivity index (χ0) is 28.2. The molecule has 0 aromatic heterocycles. The molecule has 0 rings (SSSR count). The fourth-order valence-electron chi connectivity index (χ4n) is 3.11. The van der Waals surface area contributed by atoms with Crippen molar-refractivity contribution in [1.82, 2.24) is 10.6 Å². The molecule has 0 saturated heterocycles. The van der Waals surface area contributed by atoms with Gasteiger partial charge in [-0.15, -0.1) is 0 Å². The molecule has 0 radical (unpaired) electrons. The van der Waals surface area contributed by atoms with Gasteiger partial charge in [-0.3, -0.25) is 0 Å². The first-order chi connectivity index (χ1) is 18.4. The fraction of sp³-hybridized carbons (Fsp3) is 0.957. The Kier molecular flexibility index (Phi) is 25.7. The Hall–Kier alpha value is -1.71. The Bertz CT molecular complexity index is 709. The van der Waals surface area contributed by atoms with Crippen molar-refractivity contribution in [2.75, 3.05) is 97.6 Å². The lowest BCUT2D eigenvalue weighted by atomic mass is 10.1. The van der Waals surface area contributed by atoms with E-state index in [1.165, 1.54) is 0 Å². The second-order valence-electron chi connectivity index (χ2n) is 8.48. The van der Waals surface area contributed by atoms with Crippen molar-refractivity contribution in [3.8, 4) is 0 Å². The topological polar surface area (TPSA) is 190 Å². The van der Waals surface area contributed by atoms with Crippen molar-refractivity contribution in [2.45, 2.75) is 44.6 Å². The fourth-order valence-corrected chi connectivity index (χ4v) is 4.02. The third-order valence-electron chi connectivity index (χ3n) is 4.90. The maximum atomic E-state index is 11.8. The van der Waals surface area contributed by atoms with Crippen molar-refractivity contribution in [3.63, 3.8) is 0 Å². The molecule has 0 aromatic rings. The molecule has 0 fully saturated rings. The van der Waals surface area contributed by atoms with E-state index in [0.29, 0.717) is 72.2 Å². The number of nitrogens with zero attached hydrogens (tertiary/aromatic N) is 3. The highest BCUT2D eigenvalue weighted by Gasteiger charge is 2.19. The molecule has 1 atom stereocenters. The number of aliphatic hydroxyl groups excluding tert-OH is 1. The molecule has 224 valence electrons. The summed E-state index contributed by atoms with van der Waals surface area (Å²) in [5.41, 5.74) is 8.12. The van der Waals surface area contributed by atoms with Gasteiger partial charge in [0.2, 0.25) is 0 Å². The largest absolute Gasteiger partial charge is 0.445 e. The first kappa shape index (κ1) is 36.3. The molecular weight excluding hydrogens is 522 g/mol. The SMILES string of the molecule is CS(=O)(=O)CC(CCCCCNCCCOCCOCCOCCOCCN=[N+]=[N-])OC(=O)NCCCO. The molecule has 0 aliphatic heterocycles. The Morgan fingerprint density at radius 1 is 0.868 bits per heavy atom. The summed E-state index contributed by atoms with van der Waals surface area (Å²) in [7, 11) is -3.27. The maximum Gasteiger partial charge on any atom is 0.407 e. The van der Waals surface area contributed by atoms with Gasteiger partial charge in [0, 0.05) is 37.5 Å². The number of carbonyl (C=O) groups is 1. The molecule has 0 aliphatic rings. The van der Waals surface area contributed by atoms with Crippen LogP contribution < -0.4 is 10.6 Å². The van der Waals surface area contributed by atoms with E-state index in [1.54, 1.807) is 0 Å². The predicted octanol–water partition coefficient (Wildman–Crippen LogP) is 1.43. The highest BCUT2D eigenvalue weighted by molar-refractivity contribution is 7.90. The molecule has 1 amide bonds. The third-order valence-corrected chi connectivity index (χ3v) is 5.88. The number of carbonyl (C=O) groups excluding carboxylic acids is 1. The van der Waals surface area contributed by atoms with Crippen molar-refractivity contribution in [1.29, 1.82) is 0 Å². The quantitative estimate of drug-likeness (QED) is 0.0537. The van der Waals surface area contributed by atoms with Crippen LogP contribution in [0.15, 0.2) is 5.11 Å². The van der Waals surface area contributed by atoms with Gasteiger partial charge in [0.05, 0.1) is 52.0 Å². The molecule has 0 bridgehead atoms. The average molecular weight is 570 g/mol. The van der Waals surface area contributed by atoms with E-state index in [9.17, 15) is 13.2 Å². The maximum absolute atomic E-state index is 11.8. The summed E-state index contributed by atoms with van der Waals surface area (Å²) in [5, 5.41) is 18.0. The average Bonchev–Trinajstić information content (AvgIpc) is 2.86. The number of rotatable bonds is 28. The van der Waals surface area contributed by atoms with Crippen LogP contribution in [0.2, 0.25) is 0 Å². The monoisotopic (exact) mass is 569 g/mol. The molecule has 3 N–H and O–H groups in total. The summed E-state index contributed by atoms with van der Waals surface area (Å²) in [6.07, 6.45) is 4.16. The minimum Gasteiger partial charge on any atom is -0.445 e. The van der Waals surface area contributed by atoms with Gasteiger partial charge < -0.3 is 39.4 Å². The zero-order valence-electron chi connectivity index (χ0n) is 22.7. The van der Waals surface area contributed by atoms with E-state index in [1.807, 2.05) is 0 Å². The van der Waals surface area contributed by atoms with E-state index in [4.69, 9.17) is 34.3 Å². The van der Waals surface area contributed by atoms with Crippen molar-refractivity contribution < 1.29 is 42.0 Å². The second kappa shape index (κ2) is 26.9. The van der Waals surface area contributed by atoms with Crippen LogP contribution in [-0.2, 0) is 33.5 Å². The number of sulfone groups is 1. The van der Waals surface area contributed by atoms with Gasteiger partial charge in [-0.05, 0) is 50.7 Å². The van der Waals surface area contributed by atoms with Gasteiger partial charge in [-0.25, -0.2) is 13.2 Å². The lowest BCUT2D eigenvalue weighted by Crippen LogP contribution is -2.33. The highest BCUT2D eigenvalue weighted by Crippen LogP contribution is 2.09. The van der Waals surface area contributed by atoms with Gasteiger partial charge in [0.1, 0.15) is 6.10 Å². The van der Waals surface area contributed by atoms with Crippen LogP contribution in [0.1, 0.15) is 38.5 Å². The number of ether oxygens (including phenoxy) is 5. The molecular formula is C23H47N5O9S. The van der Waals surface area contributed by atoms with Gasteiger partial charge in [-0.1, -0.05) is 11.5 Å². The molecule has 38 heavy (non-hydrogen) atoms. The Morgan fingerprint density at radius 2 is 1.47 bits per heavy atom. The minimum absolute atomic E-state index is 0.0396. The van der Waals surface area contributed by atoms with Crippen LogP contribution in [0.4, 0.5) is 4.79 Å². The molecule has 0 aromatic carbocycles. The summed E-state index contributed by atoms with van der Waals surface area (Å²) >= 11 is 0. The van der Waals surface area contributed by atoms with Crippen molar-refractivity contribution >= 4 is 15.9 Å². The number of unbranched alkanes of at least 4 members (excludes halogenated alkanes) is 2. The van der Waals surface area contributed by atoms with Crippen molar-refractivity contribution in [2.24, 2.45) is 5.11 Å². The number of amides is 1. The van der Waals surface area contributed by atoms with Crippen LogP contribution in [0, 0.1) is 0 Å². The summed E-state index contributed by atoms with van der Waals surface area (Å²) in [4.78, 5) is 14.4. The van der Waals surface area contributed by atoms with Gasteiger partial charge in [0.25, 0.3) is 0 Å². The number of hydrogen-bond acceptors (Lipinski definition) is 11. The van der Waals surface area contributed by atoms with Crippen LogP contribution in [0.25, 0.3) is 10.4 Å². The number of alkyl carbamates (subject to hydrolysis) is 1. The predicted molar refractivity (Wildman–Crippen MR) is 143 cm³/mol. The third kappa shape index (κ3) is 28.9. The van der Waals surface area contributed by atoms with Crippen molar-refractivity contribution in [3.05, 3.63) is 10.4 Å². The molecule has 14 nitrogen and oxygen atoms in total. The molecule has 0 heterocycles. The van der Waals surface area contributed by atoms with Gasteiger partial charge >= 0.3 is 6.09 Å². The number of aliphatic hydroxyl groups is 1.